The molecule has 0 bridgehead atoms. The SMILES string of the molecule is COC(C)c1nsc(C(C#N)C#N)n1. The molecule has 72 valence electrons. The van der Waals surface area contributed by atoms with Crippen molar-refractivity contribution in [1.29, 1.82) is 10.5 Å². The van der Waals surface area contributed by atoms with Gasteiger partial charge in [-0.15, -0.1) is 0 Å². The number of hydrogen-bond donors (Lipinski definition) is 0. The van der Waals surface area contributed by atoms with Crippen LogP contribution in [0, 0.1) is 22.7 Å². The van der Waals surface area contributed by atoms with Crippen LogP contribution in [0.4, 0.5) is 0 Å². The molecule has 5 nitrogen and oxygen atoms in total. The van der Waals surface area contributed by atoms with E-state index >= 15 is 0 Å². The van der Waals surface area contributed by atoms with Crippen molar-refractivity contribution in [3.63, 3.8) is 0 Å². The molecule has 14 heavy (non-hydrogen) atoms. The third-order valence-electron chi connectivity index (χ3n) is 1.68. The van der Waals surface area contributed by atoms with E-state index in [2.05, 4.69) is 9.36 Å². The van der Waals surface area contributed by atoms with Crippen LogP contribution in [0.5, 0.6) is 0 Å². The second-order valence-corrected chi connectivity index (χ2v) is 3.34. The fourth-order valence-electron chi connectivity index (χ4n) is 0.774. The van der Waals surface area contributed by atoms with Crippen molar-refractivity contribution < 1.29 is 4.74 Å². The summed E-state index contributed by atoms with van der Waals surface area (Å²) in [5.74, 6) is -0.312. The molecular weight excluding hydrogens is 200 g/mol. The van der Waals surface area contributed by atoms with E-state index in [0.717, 1.165) is 11.5 Å². The molecule has 0 spiro atoms. The third kappa shape index (κ3) is 2.05. The van der Waals surface area contributed by atoms with Gasteiger partial charge in [-0.05, 0) is 18.5 Å². The smallest absolute Gasteiger partial charge is 0.186 e. The Balaban J connectivity index is 2.90. The van der Waals surface area contributed by atoms with Gasteiger partial charge in [-0.1, -0.05) is 0 Å². The number of ether oxygens (including phenoxy) is 1. The monoisotopic (exact) mass is 208 g/mol. The highest BCUT2D eigenvalue weighted by atomic mass is 32.1. The summed E-state index contributed by atoms with van der Waals surface area (Å²) in [5.41, 5.74) is 0. The van der Waals surface area contributed by atoms with Gasteiger partial charge in [0.1, 0.15) is 11.1 Å². The van der Waals surface area contributed by atoms with Crippen LogP contribution in [-0.4, -0.2) is 16.5 Å². The molecule has 0 aliphatic heterocycles. The van der Waals surface area contributed by atoms with Crippen LogP contribution < -0.4 is 0 Å². The summed E-state index contributed by atoms with van der Waals surface area (Å²) in [7, 11) is 1.55. The second-order valence-electron chi connectivity index (χ2n) is 2.56. The van der Waals surface area contributed by atoms with Crippen LogP contribution in [-0.2, 0) is 4.74 Å². The number of nitriles is 2. The van der Waals surface area contributed by atoms with E-state index in [1.165, 1.54) is 0 Å². The Labute approximate surface area is 85.7 Å². The summed E-state index contributed by atoms with van der Waals surface area (Å²) in [5, 5.41) is 17.7. The number of methoxy groups -OCH3 is 1. The van der Waals surface area contributed by atoms with Crippen molar-refractivity contribution in [2.24, 2.45) is 0 Å². The van der Waals surface area contributed by atoms with Gasteiger partial charge in [-0.3, -0.25) is 0 Å². The van der Waals surface area contributed by atoms with E-state index in [1.54, 1.807) is 14.0 Å². The molecule has 0 saturated heterocycles. The van der Waals surface area contributed by atoms with Gasteiger partial charge in [-0.2, -0.15) is 14.9 Å². The van der Waals surface area contributed by atoms with Crippen LogP contribution in [0.2, 0.25) is 0 Å². The predicted octanol–water partition coefficient (Wildman–Crippen LogP) is 1.38. The first-order valence-electron chi connectivity index (χ1n) is 3.88. The van der Waals surface area contributed by atoms with Crippen molar-refractivity contribution >= 4 is 11.5 Å². The van der Waals surface area contributed by atoms with Crippen molar-refractivity contribution in [2.75, 3.05) is 7.11 Å². The normalized spacial score (nSPS) is 12.1. The molecule has 0 saturated carbocycles. The Bertz CT molecular complexity index is 375. The highest BCUT2D eigenvalue weighted by Gasteiger charge is 2.17. The quantitative estimate of drug-likeness (QED) is 0.749. The summed E-state index contributed by atoms with van der Waals surface area (Å²) in [4.78, 5) is 4.06. The molecule has 0 radical (unpaired) electrons. The summed E-state index contributed by atoms with van der Waals surface area (Å²) in [6.07, 6.45) is -0.210. The van der Waals surface area contributed by atoms with E-state index in [4.69, 9.17) is 15.3 Å². The molecule has 1 unspecified atom stereocenters. The molecule has 1 rings (SSSR count). The van der Waals surface area contributed by atoms with Crippen LogP contribution in [0.3, 0.4) is 0 Å². The average Bonchev–Trinajstić information content (AvgIpc) is 2.68. The Kier molecular flexibility index (Phi) is 3.52. The molecule has 1 heterocycles. The maximum Gasteiger partial charge on any atom is 0.186 e. The first-order valence-corrected chi connectivity index (χ1v) is 4.65. The lowest BCUT2D eigenvalue weighted by Gasteiger charge is -2.02. The lowest BCUT2D eigenvalue weighted by molar-refractivity contribution is 0.113. The summed E-state index contributed by atoms with van der Waals surface area (Å²) in [6.45, 7) is 1.81. The lowest BCUT2D eigenvalue weighted by atomic mass is 10.2. The lowest BCUT2D eigenvalue weighted by Crippen LogP contribution is -1.99. The van der Waals surface area contributed by atoms with E-state index in [-0.39, 0.29) is 6.10 Å². The molecule has 0 fully saturated rings. The highest BCUT2D eigenvalue weighted by Crippen LogP contribution is 2.20. The van der Waals surface area contributed by atoms with Gasteiger partial charge in [0.05, 0.1) is 12.1 Å². The largest absolute Gasteiger partial charge is 0.374 e. The van der Waals surface area contributed by atoms with Crippen LogP contribution in [0.15, 0.2) is 0 Å². The van der Waals surface area contributed by atoms with Crippen molar-refractivity contribution in [1.82, 2.24) is 9.36 Å². The van der Waals surface area contributed by atoms with Gasteiger partial charge in [0, 0.05) is 7.11 Å². The van der Waals surface area contributed by atoms with Crippen LogP contribution >= 0.6 is 11.5 Å². The highest BCUT2D eigenvalue weighted by molar-refractivity contribution is 7.05. The molecule has 0 N–H and O–H groups in total. The molecule has 0 aromatic carbocycles. The molecule has 0 amide bonds. The Morgan fingerprint density at radius 2 is 2.07 bits per heavy atom. The number of rotatable bonds is 3. The summed E-state index contributed by atoms with van der Waals surface area (Å²) < 4.78 is 9.02. The van der Waals surface area contributed by atoms with E-state index in [0.29, 0.717) is 10.8 Å². The zero-order valence-corrected chi connectivity index (χ0v) is 8.58. The zero-order valence-electron chi connectivity index (χ0n) is 7.76. The predicted molar refractivity (Wildman–Crippen MR) is 49.3 cm³/mol. The Hall–Kier alpha value is -1.50. The second kappa shape index (κ2) is 4.66. The van der Waals surface area contributed by atoms with Crippen molar-refractivity contribution in [2.45, 2.75) is 18.9 Å². The summed E-state index contributed by atoms with van der Waals surface area (Å²) in [6, 6.07) is 3.69. The average molecular weight is 208 g/mol. The van der Waals surface area contributed by atoms with Gasteiger partial charge in [0.2, 0.25) is 0 Å². The minimum atomic E-state index is -0.828. The first kappa shape index (κ1) is 10.6. The first-order chi connectivity index (χ1) is 6.72. The van der Waals surface area contributed by atoms with Crippen LogP contribution in [0.1, 0.15) is 29.8 Å². The molecule has 1 atom stereocenters. The van der Waals surface area contributed by atoms with Crippen LogP contribution in [0.25, 0.3) is 0 Å². The van der Waals surface area contributed by atoms with Crippen molar-refractivity contribution in [3.05, 3.63) is 10.8 Å². The van der Waals surface area contributed by atoms with Gasteiger partial charge >= 0.3 is 0 Å². The van der Waals surface area contributed by atoms with E-state index in [9.17, 15) is 0 Å². The van der Waals surface area contributed by atoms with E-state index < -0.39 is 5.92 Å². The number of aromatic nitrogens is 2. The number of hydrogen-bond acceptors (Lipinski definition) is 6. The number of nitrogens with zero attached hydrogens (tertiary/aromatic N) is 4. The molecule has 1 aromatic heterocycles. The van der Waals surface area contributed by atoms with E-state index in [1.807, 2.05) is 12.1 Å². The molecule has 1 aromatic rings. The third-order valence-corrected chi connectivity index (χ3v) is 2.47. The van der Waals surface area contributed by atoms with Crippen molar-refractivity contribution in [3.8, 4) is 12.1 Å². The minimum absolute atomic E-state index is 0.210. The molecule has 6 heteroatoms. The maximum absolute atomic E-state index is 8.62. The summed E-state index contributed by atoms with van der Waals surface area (Å²) >= 11 is 1.06. The van der Waals surface area contributed by atoms with Gasteiger partial charge in [0.15, 0.2) is 11.7 Å². The molecular formula is C8H8N4OS. The fraction of sp³-hybridized carbons (Fsp3) is 0.500. The molecule has 0 aliphatic rings. The maximum atomic E-state index is 8.62. The Morgan fingerprint density at radius 3 is 2.57 bits per heavy atom. The van der Waals surface area contributed by atoms with Gasteiger partial charge in [0.25, 0.3) is 0 Å². The topological polar surface area (TPSA) is 82.6 Å². The minimum Gasteiger partial charge on any atom is -0.374 e. The fourth-order valence-corrected chi connectivity index (χ4v) is 1.50. The van der Waals surface area contributed by atoms with Gasteiger partial charge in [-0.25, -0.2) is 4.98 Å². The Morgan fingerprint density at radius 1 is 1.43 bits per heavy atom. The van der Waals surface area contributed by atoms with Gasteiger partial charge < -0.3 is 4.74 Å². The zero-order chi connectivity index (χ0) is 10.6. The molecule has 0 aliphatic carbocycles. The standard InChI is InChI=1S/C8H8N4OS/c1-5(13-2)7-11-8(14-12-7)6(3-9)4-10/h5-6H,1-2H3.